The lowest BCUT2D eigenvalue weighted by Gasteiger charge is -2.31. The second-order valence-corrected chi connectivity index (χ2v) is 11.7. The van der Waals surface area contributed by atoms with E-state index in [2.05, 4.69) is 28.7 Å². The van der Waals surface area contributed by atoms with Gasteiger partial charge in [0.15, 0.2) is 0 Å². The first kappa shape index (κ1) is 24.6. The number of aromatic nitrogens is 3. The smallest absolute Gasteiger partial charge is 0.276 e. The minimum absolute atomic E-state index is 0.128. The highest BCUT2D eigenvalue weighted by Crippen LogP contribution is 2.40. The third kappa shape index (κ3) is 4.24. The first-order valence-corrected chi connectivity index (χ1v) is 13.3. The monoisotopic (exact) mass is 515 g/mol. The van der Waals surface area contributed by atoms with Gasteiger partial charge in [-0.3, -0.25) is 19.3 Å². The molecule has 9 nitrogen and oxygen atoms in total. The van der Waals surface area contributed by atoms with Gasteiger partial charge in [0.05, 0.1) is 6.61 Å². The van der Waals surface area contributed by atoms with E-state index in [1.54, 1.807) is 36.5 Å². The summed E-state index contributed by atoms with van der Waals surface area (Å²) in [5, 5.41) is 13.2. The molecule has 38 heavy (non-hydrogen) atoms. The van der Waals surface area contributed by atoms with Crippen LogP contribution < -0.4 is 15.8 Å². The molecule has 6 rings (SSSR count). The molecule has 3 aliphatic rings. The molecule has 2 N–H and O–H groups in total. The van der Waals surface area contributed by atoms with Crippen molar-refractivity contribution in [2.24, 2.45) is 18.4 Å². The number of nitrogens with zero attached hydrogens (tertiary/aromatic N) is 4. The summed E-state index contributed by atoms with van der Waals surface area (Å²) in [6.07, 6.45) is 7.71. The Morgan fingerprint density at radius 1 is 1.18 bits per heavy atom. The van der Waals surface area contributed by atoms with E-state index in [0.29, 0.717) is 53.6 Å². The highest BCUT2D eigenvalue weighted by Gasteiger charge is 2.37. The van der Waals surface area contributed by atoms with Crippen molar-refractivity contribution in [1.29, 1.82) is 0 Å². The van der Waals surface area contributed by atoms with Crippen LogP contribution in [0.4, 0.5) is 11.5 Å². The minimum Gasteiger partial charge on any atom is -0.392 e. The number of carbonyl (C=O) groups is 2. The van der Waals surface area contributed by atoms with Gasteiger partial charge in [0.25, 0.3) is 11.5 Å². The van der Waals surface area contributed by atoms with E-state index in [-0.39, 0.29) is 35.1 Å². The first-order chi connectivity index (χ1) is 18.1. The van der Waals surface area contributed by atoms with Crippen LogP contribution in [0.15, 0.2) is 35.4 Å². The third-order valence-electron chi connectivity index (χ3n) is 8.01. The largest absolute Gasteiger partial charge is 0.392 e. The Morgan fingerprint density at radius 3 is 2.71 bits per heavy atom. The molecule has 3 aromatic rings. The fraction of sp³-hybridized carbons (Fsp3) is 0.448. The Kier molecular flexibility index (Phi) is 5.79. The van der Waals surface area contributed by atoms with Crippen LogP contribution in [0.3, 0.4) is 0 Å². The summed E-state index contributed by atoms with van der Waals surface area (Å²) in [6.45, 7) is 5.29. The molecule has 9 heteroatoms. The van der Waals surface area contributed by atoms with Gasteiger partial charge < -0.3 is 19.6 Å². The number of rotatable bonds is 6. The van der Waals surface area contributed by atoms with Gasteiger partial charge in [-0.25, -0.2) is 4.98 Å². The average molecular weight is 516 g/mol. The van der Waals surface area contributed by atoms with E-state index in [4.69, 9.17) is 0 Å². The molecule has 198 valence electrons. The number of hydrogen-bond acceptors (Lipinski definition) is 5. The van der Waals surface area contributed by atoms with Crippen molar-refractivity contribution in [3.63, 3.8) is 0 Å². The average Bonchev–Trinajstić information content (AvgIpc) is 3.54. The second-order valence-electron chi connectivity index (χ2n) is 11.7. The van der Waals surface area contributed by atoms with Crippen LogP contribution in [0, 0.1) is 11.3 Å². The van der Waals surface area contributed by atoms with Crippen LogP contribution in [0.25, 0.3) is 11.1 Å². The third-order valence-corrected chi connectivity index (χ3v) is 8.01. The number of hydrogen-bond donors (Lipinski definition) is 2. The quantitative estimate of drug-likeness (QED) is 0.524. The molecule has 0 aromatic carbocycles. The number of aryl methyl sites for hydroxylation is 1. The topological polar surface area (TPSA) is 109 Å². The lowest BCUT2D eigenvalue weighted by atomic mass is 9.90. The summed E-state index contributed by atoms with van der Waals surface area (Å²) in [4.78, 5) is 45.0. The molecule has 3 aromatic heterocycles. The van der Waals surface area contributed by atoms with Crippen molar-refractivity contribution >= 4 is 23.3 Å². The maximum atomic E-state index is 13.7. The molecule has 1 fully saturated rings. The second kappa shape index (κ2) is 8.94. The van der Waals surface area contributed by atoms with Crippen LogP contribution >= 0.6 is 0 Å². The van der Waals surface area contributed by atoms with Crippen molar-refractivity contribution in [1.82, 2.24) is 14.1 Å². The summed E-state index contributed by atoms with van der Waals surface area (Å²) >= 11 is 0. The minimum atomic E-state index is -0.333. The van der Waals surface area contributed by atoms with Gasteiger partial charge in [0.2, 0.25) is 5.91 Å². The lowest BCUT2D eigenvalue weighted by Crippen LogP contribution is -2.41. The van der Waals surface area contributed by atoms with Crippen LogP contribution in [0.5, 0.6) is 0 Å². The highest BCUT2D eigenvalue weighted by molar-refractivity contribution is 6.06. The number of carbonyl (C=O) groups excluding carboxylic acids is 2. The highest BCUT2D eigenvalue weighted by atomic mass is 16.3. The fourth-order valence-corrected chi connectivity index (χ4v) is 5.99. The zero-order valence-electron chi connectivity index (χ0n) is 22.1. The van der Waals surface area contributed by atoms with Crippen molar-refractivity contribution < 1.29 is 14.7 Å². The van der Waals surface area contributed by atoms with Gasteiger partial charge in [0.1, 0.15) is 17.2 Å². The van der Waals surface area contributed by atoms with Crippen LogP contribution in [0.2, 0.25) is 0 Å². The molecular formula is C29H33N5O4. The van der Waals surface area contributed by atoms with Gasteiger partial charge in [0, 0.05) is 55.8 Å². The molecule has 0 bridgehead atoms. The predicted octanol–water partition coefficient (Wildman–Crippen LogP) is 3.26. The Morgan fingerprint density at radius 2 is 1.97 bits per heavy atom. The number of aliphatic hydroxyl groups is 1. The number of aliphatic hydroxyl groups excluding tert-OH is 1. The summed E-state index contributed by atoms with van der Waals surface area (Å²) in [7, 11) is 1.63. The summed E-state index contributed by atoms with van der Waals surface area (Å²) in [5.41, 5.74) is 5.06. The van der Waals surface area contributed by atoms with Crippen molar-refractivity contribution in [3.8, 4) is 11.1 Å². The lowest BCUT2D eigenvalue weighted by molar-refractivity contribution is -0.116. The Balaban J connectivity index is 1.35. The van der Waals surface area contributed by atoms with Gasteiger partial charge in [-0.2, -0.15) is 0 Å². The maximum Gasteiger partial charge on any atom is 0.276 e. The summed E-state index contributed by atoms with van der Waals surface area (Å²) in [5.74, 6) is 0.519. The van der Waals surface area contributed by atoms with Crippen LogP contribution in [0.1, 0.15) is 60.4 Å². The fourth-order valence-electron chi connectivity index (χ4n) is 5.99. The van der Waals surface area contributed by atoms with E-state index in [1.165, 1.54) is 15.8 Å². The number of anilines is 2. The van der Waals surface area contributed by atoms with E-state index >= 15 is 0 Å². The van der Waals surface area contributed by atoms with Gasteiger partial charge >= 0.3 is 0 Å². The molecule has 2 aliphatic carbocycles. The Hall–Kier alpha value is -3.72. The summed E-state index contributed by atoms with van der Waals surface area (Å²) in [6, 6.07) is 5.42. The van der Waals surface area contributed by atoms with Crippen LogP contribution in [-0.2, 0) is 37.8 Å². The summed E-state index contributed by atoms with van der Waals surface area (Å²) < 4.78 is 3.57. The van der Waals surface area contributed by atoms with Gasteiger partial charge in [-0.15, -0.1) is 0 Å². The number of fused-ring (bicyclic) bond motifs is 3. The number of nitrogens with one attached hydrogen (secondary N) is 1. The van der Waals surface area contributed by atoms with Gasteiger partial charge in [-0.05, 0) is 66.3 Å². The van der Waals surface area contributed by atoms with E-state index in [1.807, 2.05) is 6.07 Å². The standard InChI is InChI=1S/C29H33N5O4/c1-29(2)13-18-12-23-28(38)34(9-8-33(23)24(18)14-29)26-21(16-35)20(6-7-30-26)19-11-22(27(37)32(3)15-19)31-25(36)10-17-4-5-17/h6-7,11-12,15,17,35H,4-5,8-10,13-14,16H2,1-3H3,(H,31,36). The zero-order chi connectivity index (χ0) is 26.8. The zero-order valence-corrected chi connectivity index (χ0v) is 22.1. The molecule has 0 unspecified atom stereocenters. The number of pyridine rings is 2. The molecule has 0 spiro atoms. The van der Waals surface area contributed by atoms with E-state index in [9.17, 15) is 19.5 Å². The van der Waals surface area contributed by atoms with Gasteiger partial charge in [-0.1, -0.05) is 13.8 Å². The van der Waals surface area contributed by atoms with Crippen molar-refractivity contribution in [3.05, 3.63) is 63.5 Å². The molecule has 4 heterocycles. The maximum absolute atomic E-state index is 13.7. The van der Waals surface area contributed by atoms with Crippen molar-refractivity contribution in [2.75, 3.05) is 16.8 Å². The molecule has 1 saturated carbocycles. The van der Waals surface area contributed by atoms with E-state index < -0.39 is 0 Å². The van der Waals surface area contributed by atoms with Crippen molar-refractivity contribution in [2.45, 2.75) is 59.1 Å². The SMILES string of the molecule is Cn1cc(-c2ccnc(N3CCn4c(cc5c4CC(C)(C)C5)C3=O)c2CO)cc(NC(=O)CC2CC2)c1=O. The molecule has 0 saturated heterocycles. The Bertz CT molecular complexity index is 1530. The first-order valence-electron chi connectivity index (χ1n) is 13.3. The van der Waals surface area contributed by atoms with E-state index in [0.717, 1.165) is 25.7 Å². The molecule has 2 amide bonds. The Labute approximate surface area is 221 Å². The van der Waals surface area contributed by atoms with Crippen LogP contribution in [-0.4, -0.2) is 37.6 Å². The molecule has 0 atom stereocenters. The molecule has 1 aliphatic heterocycles. The molecule has 0 radical (unpaired) electrons. The predicted molar refractivity (Wildman–Crippen MR) is 144 cm³/mol. The normalized spacial score (nSPS) is 17.9. The number of amides is 2. The molecular weight excluding hydrogens is 482 g/mol.